The number of benzene rings is 1. The van der Waals surface area contributed by atoms with Crippen LogP contribution in [0, 0.1) is 5.82 Å². The Hall–Kier alpha value is -2.11. The molecular weight excluding hydrogens is 277 g/mol. The highest BCUT2D eigenvalue weighted by Gasteiger charge is 2.28. The normalized spacial score (nSPS) is 14.6. The summed E-state index contributed by atoms with van der Waals surface area (Å²) in [5.74, 6) is -1.77. The maximum atomic E-state index is 13.4. The molecule has 1 N–H and O–H groups in total. The van der Waals surface area contributed by atoms with Gasteiger partial charge in [-0.05, 0) is 50.5 Å². The van der Waals surface area contributed by atoms with Gasteiger partial charge < -0.3 is 14.7 Å². The minimum atomic E-state index is -1.20. The second-order valence-electron chi connectivity index (χ2n) is 6.05. The van der Waals surface area contributed by atoms with E-state index in [1.807, 2.05) is 0 Å². The van der Waals surface area contributed by atoms with E-state index in [0.717, 1.165) is 6.07 Å². The second kappa shape index (κ2) is 5.35. The maximum absolute atomic E-state index is 13.4. The predicted octanol–water partition coefficient (Wildman–Crippen LogP) is 2.82. The Kier molecular flexibility index (Phi) is 3.89. The largest absolute Gasteiger partial charge is 0.478 e. The van der Waals surface area contributed by atoms with Gasteiger partial charge in [0.15, 0.2) is 0 Å². The fraction of sp³-hybridized carbons (Fsp3) is 0.467. The molecule has 0 unspecified atom stereocenters. The summed E-state index contributed by atoms with van der Waals surface area (Å²) in [6, 6.07) is 2.31. The molecule has 0 spiro atoms. The highest BCUT2D eigenvalue weighted by molar-refractivity contribution is 5.90. The van der Waals surface area contributed by atoms with E-state index in [1.54, 1.807) is 20.8 Å². The van der Waals surface area contributed by atoms with Gasteiger partial charge >= 0.3 is 12.1 Å². The van der Waals surface area contributed by atoms with Crippen molar-refractivity contribution in [1.29, 1.82) is 0 Å². The average Bonchev–Trinajstić information content (AvgIpc) is 2.34. The monoisotopic (exact) mass is 295 g/mol. The number of carboxylic acids is 1. The summed E-state index contributed by atoms with van der Waals surface area (Å²) in [5, 5.41) is 9.18. The molecule has 1 aromatic carbocycles. The Bertz CT molecular complexity index is 592. The number of aromatic carboxylic acids is 1. The average molecular weight is 295 g/mol. The summed E-state index contributed by atoms with van der Waals surface area (Å²) in [5.41, 5.74) is 0.391. The fourth-order valence-electron chi connectivity index (χ4n) is 2.30. The molecule has 0 radical (unpaired) electrons. The molecule has 0 saturated heterocycles. The van der Waals surface area contributed by atoms with E-state index in [-0.39, 0.29) is 12.1 Å². The number of hydrogen-bond acceptors (Lipinski definition) is 3. The molecule has 1 amide bonds. The lowest BCUT2D eigenvalue weighted by Gasteiger charge is -2.31. The Morgan fingerprint density at radius 2 is 2.00 bits per heavy atom. The summed E-state index contributed by atoms with van der Waals surface area (Å²) >= 11 is 0. The third-order valence-corrected chi connectivity index (χ3v) is 3.19. The SMILES string of the molecule is CC(C)(C)OC(=O)N1CCc2cc(F)cc(C(=O)O)c2C1. The van der Waals surface area contributed by atoms with E-state index in [9.17, 15) is 19.1 Å². The highest BCUT2D eigenvalue weighted by atomic mass is 19.1. The number of fused-ring (bicyclic) bond motifs is 1. The number of carbonyl (C=O) groups is 2. The van der Waals surface area contributed by atoms with Crippen LogP contribution >= 0.6 is 0 Å². The molecule has 2 rings (SSSR count). The quantitative estimate of drug-likeness (QED) is 0.865. The molecule has 5 nitrogen and oxygen atoms in total. The van der Waals surface area contributed by atoms with Gasteiger partial charge in [0.05, 0.1) is 12.1 Å². The van der Waals surface area contributed by atoms with Gasteiger partial charge in [0.2, 0.25) is 0 Å². The summed E-state index contributed by atoms with van der Waals surface area (Å²) in [6.45, 7) is 5.79. The van der Waals surface area contributed by atoms with Gasteiger partial charge in [0, 0.05) is 6.54 Å². The molecule has 0 saturated carbocycles. The van der Waals surface area contributed by atoms with Crippen LogP contribution in [0.1, 0.15) is 42.3 Å². The first-order valence-corrected chi connectivity index (χ1v) is 6.70. The first-order valence-electron chi connectivity index (χ1n) is 6.70. The van der Waals surface area contributed by atoms with E-state index in [0.29, 0.717) is 24.1 Å². The van der Waals surface area contributed by atoms with Crippen LogP contribution in [-0.2, 0) is 17.7 Å². The van der Waals surface area contributed by atoms with Gasteiger partial charge in [-0.2, -0.15) is 0 Å². The molecule has 0 bridgehead atoms. The molecule has 0 aromatic heterocycles. The molecular formula is C15H18FNO4. The number of ether oxygens (including phenoxy) is 1. The molecule has 0 fully saturated rings. The molecule has 6 heteroatoms. The van der Waals surface area contributed by atoms with Crippen LogP contribution in [0.3, 0.4) is 0 Å². The summed E-state index contributed by atoms with van der Waals surface area (Å²) in [7, 11) is 0. The number of carboxylic acid groups (broad SMARTS) is 1. The zero-order valence-electron chi connectivity index (χ0n) is 12.3. The number of halogens is 1. The van der Waals surface area contributed by atoms with Crippen molar-refractivity contribution in [2.24, 2.45) is 0 Å². The molecule has 1 aliphatic heterocycles. The first kappa shape index (κ1) is 15.3. The molecule has 21 heavy (non-hydrogen) atoms. The minimum absolute atomic E-state index is 0.0988. The lowest BCUT2D eigenvalue weighted by Crippen LogP contribution is -2.40. The van der Waals surface area contributed by atoms with Crippen molar-refractivity contribution in [1.82, 2.24) is 4.90 Å². The van der Waals surface area contributed by atoms with Gasteiger partial charge in [-0.25, -0.2) is 14.0 Å². The van der Waals surface area contributed by atoms with Crippen LogP contribution in [0.25, 0.3) is 0 Å². The highest BCUT2D eigenvalue weighted by Crippen LogP contribution is 2.25. The Labute approximate surface area is 122 Å². The summed E-state index contributed by atoms with van der Waals surface area (Å²) in [6.07, 6.45) is -0.0825. The Morgan fingerprint density at radius 3 is 2.57 bits per heavy atom. The van der Waals surface area contributed by atoms with Crippen molar-refractivity contribution < 1.29 is 23.8 Å². The zero-order valence-corrected chi connectivity index (χ0v) is 12.3. The van der Waals surface area contributed by atoms with Crippen molar-refractivity contribution in [3.05, 3.63) is 34.6 Å². The molecule has 0 aliphatic carbocycles. The standard InChI is InChI=1S/C15H18FNO4/c1-15(2,3)21-14(20)17-5-4-9-6-10(16)7-11(13(18)19)12(9)8-17/h6-7H,4-5,8H2,1-3H3,(H,18,19). The van der Waals surface area contributed by atoms with Crippen LogP contribution in [-0.4, -0.2) is 34.2 Å². The van der Waals surface area contributed by atoms with Crippen LogP contribution in [0.15, 0.2) is 12.1 Å². The van der Waals surface area contributed by atoms with Crippen molar-refractivity contribution in [3.63, 3.8) is 0 Å². The number of amides is 1. The zero-order chi connectivity index (χ0) is 15.8. The molecule has 1 heterocycles. The maximum Gasteiger partial charge on any atom is 0.410 e. The van der Waals surface area contributed by atoms with Crippen LogP contribution < -0.4 is 0 Å². The van der Waals surface area contributed by atoms with Crippen molar-refractivity contribution >= 4 is 12.1 Å². The number of rotatable bonds is 1. The minimum Gasteiger partial charge on any atom is -0.478 e. The Morgan fingerprint density at radius 1 is 1.33 bits per heavy atom. The van der Waals surface area contributed by atoms with Crippen LogP contribution in [0.4, 0.5) is 9.18 Å². The van der Waals surface area contributed by atoms with Gasteiger partial charge in [-0.15, -0.1) is 0 Å². The third-order valence-electron chi connectivity index (χ3n) is 3.19. The molecule has 0 atom stereocenters. The lowest BCUT2D eigenvalue weighted by molar-refractivity contribution is 0.0221. The van der Waals surface area contributed by atoms with Crippen LogP contribution in [0.5, 0.6) is 0 Å². The number of nitrogens with zero attached hydrogens (tertiary/aromatic N) is 1. The topological polar surface area (TPSA) is 66.8 Å². The molecule has 1 aliphatic rings. The fourth-order valence-corrected chi connectivity index (χ4v) is 2.30. The van der Waals surface area contributed by atoms with E-state index in [1.165, 1.54) is 11.0 Å². The lowest BCUT2D eigenvalue weighted by atomic mass is 9.95. The first-order chi connectivity index (χ1) is 9.67. The summed E-state index contributed by atoms with van der Waals surface area (Å²) in [4.78, 5) is 24.7. The summed E-state index contributed by atoms with van der Waals surface area (Å²) < 4.78 is 18.7. The van der Waals surface area contributed by atoms with Crippen LogP contribution in [0.2, 0.25) is 0 Å². The van der Waals surface area contributed by atoms with Gasteiger partial charge in [0.25, 0.3) is 0 Å². The second-order valence-corrected chi connectivity index (χ2v) is 6.05. The molecule has 1 aromatic rings. The predicted molar refractivity (Wildman–Crippen MR) is 73.7 cm³/mol. The third kappa shape index (κ3) is 3.51. The van der Waals surface area contributed by atoms with Crippen molar-refractivity contribution in [2.45, 2.75) is 39.3 Å². The van der Waals surface area contributed by atoms with E-state index >= 15 is 0 Å². The van der Waals surface area contributed by atoms with Gasteiger partial charge in [0.1, 0.15) is 11.4 Å². The van der Waals surface area contributed by atoms with Crippen molar-refractivity contribution in [3.8, 4) is 0 Å². The van der Waals surface area contributed by atoms with Crippen molar-refractivity contribution in [2.75, 3.05) is 6.54 Å². The smallest absolute Gasteiger partial charge is 0.410 e. The number of carbonyl (C=O) groups excluding carboxylic acids is 1. The van der Waals surface area contributed by atoms with E-state index < -0.39 is 23.5 Å². The van der Waals surface area contributed by atoms with Gasteiger partial charge in [-0.3, -0.25) is 0 Å². The van der Waals surface area contributed by atoms with E-state index in [2.05, 4.69) is 0 Å². The van der Waals surface area contributed by atoms with Gasteiger partial charge in [-0.1, -0.05) is 0 Å². The molecule has 114 valence electrons. The van der Waals surface area contributed by atoms with E-state index in [4.69, 9.17) is 4.74 Å². The number of hydrogen-bond donors (Lipinski definition) is 1. The Balaban J connectivity index is 2.27.